The summed E-state index contributed by atoms with van der Waals surface area (Å²) in [7, 11) is 9.76. The predicted molar refractivity (Wildman–Crippen MR) is 87.8 cm³/mol. The van der Waals surface area contributed by atoms with Crippen LogP contribution in [0.4, 0.5) is 0 Å². The van der Waals surface area contributed by atoms with E-state index in [0.717, 1.165) is 5.96 Å². The van der Waals surface area contributed by atoms with Crippen LogP contribution < -0.4 is 0 Å². The first-order chi connectivity index (χ1) is 10.4. The molecule has 0 saturated carbocycles. The zero-order valence-electron chi connectivity index (χ0n) is 14.8. The summed E-state index contributed by atoms with van der Waals surface area (Å²) in [6, 6.07) is 0.645. The van der Waals surface area contributed by atoms with Crippen molar-refractivity contribution < 1.29 is 23.1 Å². The van der Waals surface area contributed by atoms with Gasteiger partial charge >= 0.3 is 8.80 Å². The van der Waals surface area contributed by atoms with Crippen LogP contribution in [0.15, 0.2) is 4.99 Å². The Balaban J connectivity index is 4.45. The molecule has 0 spiro atoms. The fraction of sp³-hybridized carbons (Fsp3) is 0.923. The van der Waals surface area contributed by atoms with Crippen LogP contribution in [-0.4, -0.2) is 98.6 Å². The Kier molecular flexibility index (Phi) is 10.6. The van der Waals surface area contributed by atoms with Gasteiger partial charge in [-0.3, -0.25) is 0 Å². The molecule has 0 aliphatic carbocycles. The first kappa shape index (κ1) is 21.3. The average molecular weight is 337 g/mol. The lowest BCUT2D eigenvalue weighted by atomic mass is 10.5. The smallest absolute Gasteiger partial charge is 0.392 e. The SMILES string of the molecule is CO[Si](CCCOC(CO)N=C(N(C)C)N(C)C)(OC)OC. The van der Waals surface area contributed by atoms with Crippen LogP contribution in [0, 0.1) is 0 Å². The highest BCUT2D eigenvalue weighted by Gasteiger charge is 2.36. The fourth-order valence-corrected chi connectivity index (χ4v) is 3.64. The molecule has 0 aliphatic heterocycles. The van der Waals surface area contributed by atoms with E-state index in [2.05, 4.69) is 4.99 Å². The molecule has 1 N–H and O–H groups in total. The maximum Gasteiger partial charge on any atom is 0.500 e. The summed E-state index contributed by atoms with van der Waals surface area (Å²) >= 11 is 0. The van der Waals surface area contributed by atoms with Crippen LogP contribution in [0.3, 0.4) is 0 Å². The Labute approximate surface area is 135 Å². The molecule has 0 saturated heterocycles. The van der Waals surface area contributed by atoms with Crippen molar-refractivity contribution in [2.24, 2.45) is 4.99 Å². The van der Waals surface area contributed by atoms with E-state index in [1.54, 1.807) is 21.3 Å². The summed E-state index contributed by atoms with van der Waals surface area (Å²) in [5.41, 5.74) is 0. The first-order valence-corrected chi connectivity index (χ1v) is 9.09. The van der Waals surface area contributed by atoms with E-state index in [4.69, 9.17) is 18.0 Å². The van der Waals surface area contributed by atoms with Gasteiger partial charge in [0.15, 0.2) is 12.2 Å². The number of nitrogens with zero attached hydrogens (tertiary/aromatic N) is 3. The highest BCUT2D eigenvalue weighted by Crippen LogP contribution is 2.15. The van der Waals surface area contributed by atoms with Crippen molar-refractivity contribution in [1.82, 2.24) is 9.80 Å². The van der Waals surface area contributed by atoms with E-state index >= 15 is 0 Å². The number of aliphatic hydroxyl groups is 1. The molecule has 0 heterocycles. The minimum Gasteiger partial charge on any atom is -0.392 e. The zero-order chi connectivity index (χ0) is 17.2. The van der Waals surface area contributed by atoms with Crippen molar-refractivity contribution in [3.8, 4) is 0 Å². The third kappa shape index (κ3) is 7.03. The summed E-state index contributed by atoms with van der Waals surface area (Å²) in [5.74, 6) is 0.730. The second-order valence-electron chi connectivity index (χ2n) is 5.12. The van der Waals surface area contributed by atoms with Crippen LogP contribution in [-0.2, 0) is 18.0 Å². The lowest BCUT2D eigenvalue weighted by Gasteiger charge is -2.25. The Morgan fingerprint density at radius 1 is 1.05 bits per heavy atom. The Morgan fingerprint density at radius 2 is 1.55 bits per heavy atom. The predicted octanol–water partition coefficient (Wildman–Crippen LogP) is 0.0688. The third-order valence-corrected chi connectivity index (χ3v) is 5.92. The van der Waals surface area contributed by atoms with Crippen LogP contribution in [0.2, 0.25) is 6.04 Å². The number of rotatable bonds is 10. The minimum absolute atomic E-state index is 0.174. The van der Waals surface area contributed by atoms with E-state index in [-0.39, 0.29) is 6.61 Å². The van der Waals surface area contributed by atoms with Crippen molar-refractivity contribution in [2.45, 2.75) is 18.7 Å². The summed E-state index contributed by atoms with van der Waals surface area (Å²) in [6.45, 7) is 0.264. The number of ether oxygens (including phenoxy) is 1. The molecule has 0 aliphatic rings. The Bertz CT molecular complexity index is 307. The maximum atomic E-state index is 9.40. The summed E-state index contributed by atoms with van der Waals surface area (Å²) in [4.78, 5) is 8.13. The van der Waals surface area contributed by atoms with E-state index < -0.39 is 15.0 Å². The van der Waals surface area contributed by atoms with Gasteiger partial charge in [-0.1, -0.05) is 0 Å². The molecule has 0 aromatic carbocycles. The molecule has 0 aromatic heterocycles. The first-order valence-electron chi connectivity index (χ1n) is 7.16. The number of hydrogen-bond donors (Lipinski definition) is 1. The molecular weight excluding hydrogens is 306 g/mol. The quantitative estimate of drug-likeness (QED) is 0.262. The number of guanidine groups is 1. The van der Waals surface area contributed by atoms with Gasteiger partial charge in [-0.15, -0.1) is 0 Å². The molecule has 9 heteroatoms. The van der Waals surface area contributed by atoms with E-state index in [1.807, 2.05) is 38.0 Å². The van der Waals surface area contributed by atoms with Gasteiger partial charge in [0.1, 0.15) is 0 Å². The number of hydrogen-bond acceptors (Lipinski definition) is 6. The normalized spacial score (nSPS) is 12.9. The molecule has 0 radical (unpaired) electrons. The lowest BCUT2D eigenvalue weighted by Crippen LogP contribution is -2.42. The van der Waals surface area contributed by atoms with Gasteiger partial charge in [-0.25, -0.2) is 4.99 Å². The Morgan fingerprint density at radius 3 is 1.91 bits per heavy atom. The molecule has 1 atom stereocenters. The molecular formula is C13H31N3O5Si. The fourth-order valence-electron chi connectivity index (χ4n) is 1.95. The maximum absolute atomic E-state index is 9.40. The Hall–Kier alpha value is -0.713. The minimum atomic E-state index is -2.56. The van der Waals surface area contributed by atoms with Gasteiger partial charge in [-0.05, 0) is 6.42 Å². The van der Waals surface area contributed by atoms with Crippen molar-refractivity contribution in [3.05, 3.63) is 0 Å². The molecule has 22 heavy (non-hydrogen) atoms. The number of aliphatic hydroxyl groups excluding tert-OH is 1. The molecule has 0 fully saturated rings. The van der Waals surface area contributed by atoms with Crippen molar-refractivity contribution >= 4 is 14.8 Å². The molecule has 0 amide bonds. The van der Waals surface area contributed by atoms with E-state index in [0.29, 0.717) is 19.1 Å². The monoisotopic (exact) mass is 337 g/mol. The van der Waals surface area contributed by atoms with Gasteiger partial charge in [-0.2, -0.15) is 0 Å². The average Bonchev–Trinajstić information content (AvgIpc) is 2.50. The van der Waals surface area contributed by atoms with Crippen molar-refractivity contribution in [3.63, 3.8) is 0 Å². The van der Waals surface area contributed by atoms with Crippen LogP contribution in [0.1, 0.15) is 6.42 Å². The van der Waals surface area contributed by atoms with Gasteiger partial charge in [0.2, 0.25) is 0 Å². The van der Waals surface area contributed by atoms with Crippen molar-refractivity contribution in [2.75, 3.05) is 62.7 Å². The van der Waals surface area contributed by atoms with Gasteiger partial charge in [0, 0.05) is 62.2 Å². The number of aliphatic imine (C=N–C) groups is 1. The standard InChI is InChI=1S/C13H31N3O5Si/c1-15(2)13(16(3)4)14-12(11-17)21-9-8-10-22(18-5,19-6)20-7/h12,17H,8-11H2,1-7H3. The molecule has 0 bridgehead atoms. The van der Waals surface area contributed by atoms with E-state index in [1.165, 1.54) is 0 Å². The largest absolute Gasteiger partial charge is 0.500 e. The lowest BCUT2D eigenvalue weighted by molar-refractivity contribution is 0.0158. The third-order valence-electron chi connectivity index (χ3n) is 3.09. The molecule has 8 nitrogen and oxygen atoms in total. The van der Waals surface area contributed by atoms with Gasteiger partial charge in [0.05, 0.1) is 6.61 Å². The van der Waals surface area contributed by atoms with E-state index in [9.17, 15) is 5.11 Å². The van der Waals surface area contributed by atoms with Crippen LogP contribution >= 0.6 is 0 Å². The molecule has 1 unspecified atom stereocenters. The van der Waals surface area contributed by atoms with Crippen molar-refractivity contribution in [1.29, 1.82) is 0 Å². The van der Waals surface area contributed by atoms with Gasteiger partial charge < -0.3 is 32.9 Å². The summed E-state index contributed by atoms with van der Waals surface area (Å²) in [5, 5.41) is 9.40. The molecule has 0 rings (SSSR count). The molecule has 132 valence electrons. The topological polar surface area (TPSA) is 76.0 Å². The summed E-state index contributed by atoms with van der Waals surface area (Å²) in [6.07, 6.45) is 0.107. The van der Waals surface area contributed by atoms with Crippen LogP contribution in [0.5, 0.6) is 0 Å². The van der Waals surface area contributed by atoms with Gasteiger partial charge in [0.25, 0.3) is 0 Å². The second-order valence-corrected chi connectivity index (χ2v) is 8.22. The highest BCUT2D eigenvalue weighted by atomic mass is 28.4. The highest BCUT2D eigenvalue weighted by molar-refractivity contribution is 6.60. The zero-order valence-corrected chi connectivity index (χ0v) is 15.8. The molecule has 0 aromatic rings. The van der Waals surface area contributed by atoms with Crippen LogP contribution in [0.25, 0.3) is 0 Å². The summed E-state index contributed by atoms with van der Waals surface area (Å²) < 4.78 is 21.7. The second kappa shape index (κ2) is 10.9.